The lowest BCUT2D eigenvalue weighted by molar-refractivity contribution is 0.0740. The number of hydrogen-bond donors (Lipinski definition) is 1. The Balaban J connectivity index is 1.90. The monoisotopic (exact) mass is 371 g/mol. The van der Waals surface area contributed by atoms with Crippen LogP contribution in [0.1, 0.15) is 25.0 Å². The first-order valence-electron chi connectivity index (χ1n) is 7.53. The molecule has 7 nitrogen and oxygen atoms in total. The van der Waals surface area contributed by atoms with Gasteiger partial charge in [-0.15, -0.1) is 0 Å². The molecule has 0 unspecified atom stereocenters. The highest BCUT2D eigenvalue weighted by Gasteiger charge is 2.35. The lowest BCUT2D eigenvalue weighted by atomic mass is 10.0. The largest absolute Gasteiger partial charge is 0.471 e. The molecule has 1 aliphatic rings. The van der Waals surface area contributed by atoms with E-state index >= 15 is 0 Å². The van der Waals surface area contributed by atoms with Gasteiger partial charge in [-0.1, -0.05) is 18.5 Å². The molecule has 1 saturated heterocycles. The fourth-order valence-corrected chi connectivity index (χ4v) is 3.62. The molecule has 0 aliphatic carbocycles. The van der Waals surface area contributed by atoms with Crippen molar-refractivity contribution in [2.75, 3.05) is 19.3 Å². The van der Waals surface area contributed by atoms with Gasteiger partial charge in [-0.25, -0.2) is 18.4 Å². The summed E-state index contributed by atoms with van der Waals surface area (Å²) in [6.45, 7) is 2.46. The number of nitrogens with zero attached hydrogens (tertiary/aromatic N) is 3. The van der Waals surface area contributed by atoms with Crippen LogP contribution in [0.2, 0.25) is 5.15 Å². The van der Waals surface area contributed by atoms with E-state index in [9.17, 15) is 13.5 Å². The number of aliphatic hydroxyl groups is 1. The van der Waals surface area contributed by atoms with Gasteiger partial charge in [0.05, 0.1) is 30.8 Å². The molecule has 130 valence electrons. The van der Waals surface area contributed by atoms with Gasteiger partial charge in [-0.05, 0) is 17.9 Å². The van der Waals surface area contributed by atoms with Crippen LogP contribution in [0.3, 0.4) is 0 Å². The maximum absolute atomic E-state index is 11.4. The van der Waals surface area contributed by atoms with Crippen molar-refractivity contribution in [2.45, 2.75) is 25.6 Å². The van der Waals surface area contributed by atoms with Crippen LogP contribution >= 0.6 is 11.6 Å². The SMILES string of the molecule is CC[C@@H](O)c1cnc(OC2CN(S(C)(=O)=O)C2)c2cnc(Cl)cc12. The molecular weight excluding hydrogens is 354 g/mol. The first-order chi connectivity index (χ1) is 11.3. The molecule has 9 heteroatoms. The van der Waals surface area contributed by atoms with Crippen LogP contribution in [-0.2, 0) is 10.0 Å². The maximum Gasteiger partial charge on any atom is 0.223 e. The molecule has 1 atom stereocenters. The molecule has 3 heterocycles. The molecule has 24 heavy (non-hydrogen) atoms. The van der Waals surface area contributed by atoms with Crippen LogP contribution in [0.25, 0.3) is 10.8 Å². The molecule has 0 amide bonds. The van der Waals surface area contributed by atoms with Crippen molar-refractivity contribution in [1.82, 2.24) is 14.3 Å². The third kappa shape index (κ3) is 3.32. The number of aromatic nitrogens is 2. The summed E-state index contributed by atoms with van der Waals surface area (Å²) in [6.07, 6.45) is 3.92. The van der Waals surface area contributed by atoms with E-state index in [1.165, 1.54) is 10.6 Å². The molecule has 0 radical (unpaired) electrons. The zero-order chi connectivity index (χ0) is 17.5. The van der Waals surface area contributed by atoms with E-state index in [2.05, 4.69) is 9.97 Å². The van der Waals surface area contributed by atoms with Crippen LogP contribution in [0.5, 0.6) is 5.88 Å². The van der Waals surface area contributed by atoms with E-state index in [0.29, 0.717) is 41.5 Å². The predicted octanol–water partition coefficient (Wildman–Crippen LogP) is 1.75. The minimum absolute atomic E-state index is 0.256. The molecular formula is C15H18ClN3O4S. The molecule has 1 fully saturated rings. The van der Waals surface area contributed by atoms with E-state index in [0.717, 1.165) is 5.39 Å². The Bertz CT molecular complexity index is 868. The quantitative estimate of drug-likeness (QED) is 0.805. The number of fused-ring (bicyclic) bond motifs is 1. The van der Waals surface area contributed by atoms with Gasteiger partial charge >= 0.3 is 0 Å². The zero-order valence-corrected chi connectivity index (χ0v) is 14.9. The predicted molar refractivity (Wildman–Crippen MR) is 90.6 cm³/mol. The van der Waals surface area contributed by atoms with Crippen molar-refractivity contribution in [3.63, 3.8) is 0 Å². The Morgan fingerprint density at radius 3 is 2.71 bits per heavy atom. The third-order valence-corrected chi connectivity index (χ3v) is 5.48. The summed E-state index contributed by atoms with van der Waals surface area (Å²) in [5, 5.41) is 11.8. The minimum atomic E-state index is -3.19. The summed E-state index contributed by atoms with van der Waals surface area (Å²) in [6, 6.07) is 1.67. The number of halogens is 1. The van der Waals surface area contributed by atoms with Gasteiger partial charge in [0.25, 0.3) is 0 Å². The van der Waals surface area contributed by atoms with E-state index in [-0.39, 0.29) is 6.10 Å². The molecule has 2 aromatic heterocycles. The zero-order valence-electron chi connectivity index (χ0n) is 13.3. The van der Waals surface area contributed by atoms with Crippen molar-refractivity contribution in [3.8, 4) is 5.88 Å². The van der Waals surface area contributed by atoms with Gasteiger partial charge in [0, 0.05) is 18.0 Å². The lowest BCUT2D eigenvalue weighted by Gasteiger charge is -2.36. The van der Waals surface area contributed by atoms with Crippen molar-refractivity contribution >= 4 is 32.4 Å². The van der Waals surface area contributed by atoms with Gasteiger partial charge in [-0.3, -0.25) is 0 Å². The van der Waals surface area contributed by atoms with Gasteiger partial charge < -0.3 is 9.84 Å². The number of pyridine rings is 2. The number of hydrogen-bond acceptors (Lipinski definition) is 6. The van der Waals surface area contributed by atoms with Crippen LogP contribution < -0.4 is 4.74 Å². The third-order valence-electron chi connectivity index (χ3n) is 4.04. The van der Waals surface area contributed by atoms with Crippen LogP contribution in [0.4, 0.5) is 0 Å². The molecule has 1 N–H and O–H groups in total. The molecule has 0 saturated carbocycles. The minimum Gasteiger partial charge on any atom is -0.471 e. The van der Waals surface area contributed by atoms with Crippen molar-refractivity contribution in [3.05, 3.63) is 29.2 Å². The standard InChI is InChI=1S/C15H18ClN3O4S/c1-3-13(20)11-5-18-15(12-6-17-14(16)4-10(11)12)23-9-7-19(8-9)24(2,21)22/h4-6,9,13,20H,3,7-8H2,1-2H3/t13-/m1/s1. The highest BCUT2D eigenvalue weighted by Crippen LogP contribution is 2.33. The summed E-state index contributed by atoms with van der Waals surface area (Å²) >= 11 is 5.98. The van der Waals surface area contributed by atoms with Crippen molar-refractivity contribution in [1.29, 1.82) is 0 Å². The lowest BCUT2D eigenvalue weighted by Crippen LogP contribution is -2.55. The van der Waals surface area contributed by atoms with Gasteiger partial charge in [0.1, 0.15) is 11.3 Å². The second kappa shape index (κ2) is 6.44. The Kier molecular flexibility index (Phi) is 4.65. The van der Waals surface area contributed by atoms with Crippen LogP contribution in [0.15, 0.2) is 18.5 Å². The van der Waals surface area contributed by atoms with Crippen LogP contribution in [0, 0.1) is 0 Å². The maximum atomic E-state index is 11.4. The Morgan fingerprint density at radius 1 is 1.38 bits per heavy atom. The molecule has 0 spiro atoms. The summed E-state index contributed by atoms with van der Waals surface area (Å²) in [7, 11) is -3.19. The second-order valence-corrected chi connectivity index (χ2v) is 8.18. The highest BCUT2D eigenvalue weighted by atomic mass is 35.5. The first-order valence-corrected chi connectivity index (χ1v) is 9.76. The topological polar surface area (TPSA) is 92.6 Å². The Morgan fingerprint density at radius 2 is 2.08 bits per heavy atom. The highest BCUT2D eigenvalue weighted by molar-refractivity contribution is 7.88. The summed E-state index contributed by atoms with van der Waals surface area (Å²) in [5.74, 6) is 0.361. The molecule has 3 rings (SSSR count). The van der Waals surface area contributed by atoms with Gasteiger partial charge in [-0.2, -0.15) is 4.31 Å². The van der Waals surface area contributed by atoms with Gasteiger partial charge in [0.15, 0.2) is 0 Å². The van der Waals surface area contributed by atoms with E-state index in [1.54, 1.807) is 18.5 Å². The smallest absolute Gasteiger partial charge is 0.223 e. The fourth-order valence-electron chi connectivity index (χ4n) is 2.59. The summed E-state index contributed by atoms with van der Waals surface area (Å²) in [4.78, 5) is 8.34. The Labute approximate surface area is 145 Å². The average molecular weight is 372 g/mol. The van der Waals surface area contributed by atoms with Crippen molar-refractivity contribution < 1.29 is 18.3 Å². The van der Waals surface area contributed by atoms with E-state index < -0.39 is 16.1 Å². The Hall–Kier alpha value is -1.48. The number of aliphatic hydroxyl groups excluding tert-OH is 1. The first kappa shape index (κ1) is 17.3. The number of ether oxygens (including phenoxy) is 1. The summed E-state index contributed by atoms with van der Waals surface area (Å²) < 4.78 is 30.0. The number of sulfonamides is 1. The molecule has 2 aromatic rings. The molecule has 1 aliphatic heterocycles. The summed E-state index contributed by atoms with van der Waals surface area (Å²) in [5.41, 5.74) is 0.663. The molecule has 0 aromatic carbocycles. The fraction of sp³-hybridized carbons (Fsp3) is 0.467. The second-order valence-electron chi connectivity index (χ2n) is 5.82. The van der Waals surface area contributed by atoms with Crippen molar-refractivity contribution in [2.24, 2.45) is 0 Å². The molecule has 0 bridgehead atoms. The van der Waals surface area contributed by atoms with Gasteiger partial charge in [0.2, 0.25) is 15.9 Å². The number of rotatable bonds is 5. The van der Waals surface area contributed by atoms with Crippen LogP contribution in [-0.4, -0.2) is 53.2 Å². The normalized spacial score (nSPS) is 17.7. The van der Waals surface area contributed by atoms with E-state index in [1.807, 2.05) is 6.92 Å². The van der Waals surface area contributed by atoms with E-state index in [4.69, 9.17) is 16.3 Å². The average Bonchev–Trinajstić information content (AvgIpc) is 2.47.